The number of carbonyl (C=O) groups excluding carboxylic acids is 2. The summed E-state index contributed by atoms with van der Waals surface area (Å²) in [6, 6.07) is 13.5. The molecule has 0 radical (unpaired) electrons. The molecule has 0 aliphatic heterocycles. The zero-order valence-corrected chi connectivity index (χ0v) is 13.5. The lowest BCUT2D eigenvalue weighted by molar-refractivity contribution is -0.118. The van der Waals surface area contributed by atoms with E-state index < -0.39 is 5.91 Å². The van der Waals surface area contributed by atoms with Gasteiger partial charge in [0.2, 0.25) is 5.91 Å². The molecular weight excluding hydrogens is 308 g/mol. The van der Waals surface area contributed by atoms with Gasteiger partial charge in [-0.1, -0.05) is 19.1 Å². The SMILES string of the molecule is CCCOc1ccccc1OCC(=O)Nc1ccc(C(N)=O)cc1. The van der Waals surface area contributed by atoms with Gasteiger partial charge in [-0.2, -0.15) is 0 Å². The molecule has 0 aliphatic rings. The summed E-state index contributed by atoms with van der Waals surface area (Å²) in [6.07, 6.45) is 0.885. The van der Waals surface area contributed by atoms with Crippen LogP contribution in [0.15, 0.2) is 48.5 Å². The largest absolute Gasteiger partial charge is 0.490 e. The van der Waals surface area contributed by atoms with Crippen molar-refractivity contribution in [2.24, 2.45) is 5.73 Å². The van der Waals surface area contributed by atoms with Crippen LogP contribution in [-0.4, -0.2) is 25.0 Å². The third-order valence-corrected chi connectivity index (χ3v) is 3.12. The van der Waals surface area contributed by atoms with Gasteiger partial charge in [0, 0.05) is 11.3 Å². The van der Waals surface area contributed by atoms with Crippen LogP contribution >= 0.6 is 0 Å². The maximum absolute atomic E-state index is 12.0. The number of rotatable bonds is 8. The van der Waals surface area contributed by atoms with Crippen molar-refractivity contribution >= 4 is 17.5 Å². The zero-order valence-electron chi connectivity index (χ0n) is 13.5. The number of nitrogens with one attached hydrogen (secondary N) is 1. The van der Waals surface area contributed by atoms with Gasteiger partial charge in [-0.05, 0) is 42.8 Å². The predicted octanol–water partition coefficient (Wildman–Crippen LogP) is 2.59. The molecule has 0 fully saturated rings. The van der Waals surface area contributed by atoms with Crippen LogP contribution in [-0.2, 0) is 4.79 Å². The highest BCUT2D eigenvalue weighted by atomic mass is 16.5. The summed E-state index contributed by atoms with van der Waals surface area (Å²) >= 11 is 0. The van der Waals surface area contributed by atoms with Gasteiger partial charge in [-0.3, -0.25) is 9.59 Å². The van der Waals surface area contributed by atoms with Crippen LogP contribution in [0.3, 0.4) is 0 Å². The number of benzene rings is 2. The Bertz CT molecular complexity index is 698. The Morgan fingerprint density at radius 2 is 1.62 bits per heavy atom. The Hall–Kier alpha value is -3.02. The molecule has 126 valence electrons. The molecule has 0 unspecified atom stereocenters. The molecule has 0 aromatic heterocycles. The van der Waals surface area contributed by atoms with Crippen LogP contribution in [0.4, 0.5) is 5.69 Å². The lowest BCUT2D eigenvalue weighted by atomic mass is 10.2. The monoisotopic (exact) mass is 328 g/mol. The van der Waals surface area contributed by atoms with Gasteiger partial charge in [0.05, 0.1) is 6.61 Å². The van der Waals surface area contributed by atoms with E-state index in [1.54, 1.807) is 36.4 Å². The van der Waals surface area contributed by atoms with Crippen LogP contribution in [0.2, 0.25) is 0 Å². The lowest BCUT2D eigenvalue weighted by Crippen LogP contribution is -2.20. The molecule has 2 rings (SSSR count). The molecule has 2 aromatic rings. The predicted molar refractivity (Wildman–Crippen MR) is 91.3 cm³/mol. The average molecular weight is 328 g/mol. The average Bonchev–Trinajstić information content (AvgIpc) is 2.59. The van der Waals surface area contributed by atoms with E-state index in [-0.39, 0.29) is 12.5 Å². The van der Waals surface area contributed by atoms with E-state index in [0.29, 0.717) is 29.4 Å². The fourth-order valence-corrected chi connectivity index (χ4v) is 1.96. The minimum absolute atomic E-state index is 0.149. The Morgan fingerprint density at radius 3 is 2.21 bits per heavy atom. The lowest BCUT2D eigenvalue weighted by Gasteiger charge is -2.12. The van der Waals surface area contributed by atoms with Crippen molar-refractivity contribution in [2.45, 2.75) is 13.3 Å². The Balaban J connectivity index is 1.90. The number of ether oxygens (including phenoxy) is 2. The minimum atomic E-state index is -0.514. The highest BCUT2D eigenvalue weighted by Crippen LogP contribution is 2.26. The molecule has 6 nitrogen and oxygen atoms in total. The van der Waals surface area contributed by atoms with Crippen LogP contribution in [0.1, 0.15) is 23.7 Å². The van der Waals surface area contributed by atoms with E-state index in [9.17, 15) is 9.59 Å². The number of hydrogen-bond donors (Lipinski definition) is 2. The normalized spacial score (nSPS) is 10.0. The number of primary amides is 1. The first-order valence-electron chi connectivity index (χ1n) is 7.64. The van der Waals surface area contributed by atoms with E-state index in [1.807, 2.05) is 19.1 Å². The molecule has 0 aliphatic carbocycles. The van der Waals surface area contributed by atoms with Crippen molar-refractivity contribution in [3.8, 4) is 11.5 Å². The molecular formula is C18H20N2O4. The number of anilines is 1. The fraction of sp³-hybridized carbons (Fsp3) is 0.222. The van der Waals surface area contributed by atoms with Crippen molar-refractivity contribution in [1.82, 2.24) is 0 Å². The van der Waals surface area contributed by atoms with Gasteiger partial charge < -0.3 is 20.5 Å². The van der Waals surface area contributed by atoms with Gasteiger partial charge in [0.15, 0.2) is 18.1 Å². The van der Waals surface area contributed by atoms with E-state index in [1.165, 1.54) is 0 Å². The first kappa shape index (κ1) is 17.3. The molecule has 2 aromatic carbocycles. The number of carbonyl (C=O) groups is 2. The van der Waals surface area contributed by atoms with E-state index in [0.717, 1.165) is 6.42 Å². The second-order valence-electron chi connectivity index (χ2n) is 5.07. The number of nitrogens with two attached hydrogens (primary N) is 1. The summed E-state index contributed by atoms with van der Waals surface area (Å²) in [5, 5.41) is 2.68. The standard InChI is InChI=1S/C18H20N2O4/c1-2-11-23-15-5-3-4-6-16(15)24-12-17(21)20-14-9-7-13(8-10-14)18(19)22/h3-10H,2,11-12H2,1H3,(H2,19,22)(H,20,21). The molecule has 0 saturated carbocycles. The van der Waals surface area contributed by atoms with E-state index in [4.69, 9.17) is 15.2 Å². The summed E-state index contributed by atoms with van der Waals surface area (Å²) in [6.45, 7) is 2.45. The minimum Gasteiger partial charge on any atom is -0.490 e. The Labute approximate surface area is 140 Å². The summed E-state index contributed by atoms with van der Waals surface area (Å²) in [7, 11) is 0. The third kappa shape index (κ3) is 5.01. The molecule has 0 spiro atoms. The van der Waals surface area contributed by atoms with E-state index in [2.05, 4.69) is 5.32 Å². The van der Waals surface area contributed by atoms with Crippen LogP contribution in [0, 0.1) is 0 Å². The van der Waals surface area contributed by atoms with Gasteiger partial charge in [0.1, 0.15) is 0 Å². The number of amides is 2. The second kappa shape index (κ2) is 8.57. The summed E-state index contributed by atoms with van der Waals surface area (Å²) in [5.41, 5.74) is 6.11. The molecule has 2 amide bonds. The molecule has 3 N–H and O–H groups in total. The van der Waals surface area contributed by atoms with Gasteiger partial charge in [-0.25, -0.2) is 0 Å². The van der Waals surface area contributed by atoms with E-state index >= 15 is 0 Å². The van der Waals surface area contributed by atoms with Crippen molar-refractivity contribution in [2.75, 3.05) is 18.5 Å². The molecule has 0 heterocycles. The van der Waals surface area contributed by atoms with Gasteiger partial charge >= 0.3 is 0 Å². The fourth-order valence-electron chi connectivity index (χ4n) is 1.96. The van der Waals surface area contributed by atoms with Crippen LogP contribution in [0.25, 0.3) is 0 Å². The summed E-state index contributed by atoms with van der Waals surface area (Å²) in [5.74, 6) is 0.301. The first-order valence-corrected chi connectivity index (χ1v) is 7.64. The maximum atomic E-state index is 12.0. The molecule has 0 atom stereocenters. The molecule has 24 heavy (non-hydrogen) atoms. The highest BCUT2D eigenvalue weighted by Gasteiger charge is 2.08. The number of hydrogen-bond acceptors (Lipinski definition) is 4. The van der Waals surface area contributed by atoms with Crippen LogP contribution < -0.4 is 20.5 Å². The van der Waals surface area contributed by atoms with Gasteiger partial charge in [-0.15, -0.1) is 0 Å². The van der Waals surface area contributed by atoms with Crippen molar-refractivity contribution in [3.05, 3.63) is 54.1 Å². The zero-order chi connectivity index (χ0) is 17.4. The van der Waals surface area contributed by atoms with Crippen LogP contribution in [0.5, 0.6) is 11.5 Å². The maximum Gasteiger partial charge on any atom is 0.262 e. The van der Waals surface area contributed by atoms with Crippen molar-refractivity contribution < 1.29 is 19.1 Å². The number of para-hydroxylation sites is 2. The molecule has 6 heteroatoms. The first-order chi connectivity index (χ1) is 11.6. The summed E-state index contributed by atoms with van der Waals surface area (Å²) < 4.78 is 11.1. The summed E-state index contributed by atoms with van der Waals surface area (Å²) in [4.78, 5) is 23.0. The third-order valence-electron chi connectivity index (χ3n) is 3.12. The van der Waals surface area contributed by atoms with Crippen molar-refractivity contribution in [1.29, 1.82) is 0 Å². The Morgan fingerprint density at radius 1 is 1.00 bits per heavy atom. The molecule has 0 bridgehead atoms. The Kier molecular flexibility index (Phi) is 6.19. The molecule has 0 saturated heterocycles. The smallest absolute Gasteiger partial charge is 0.262 e. The quantitative estimate of drug-likeness (QED) is 0.779. The highest BCUT2D eigenvalue weighted by molar-refractivity contribution is 5.95. The second-order valence-corrected chi connectivity index (χ2v) is 5.07. The topological polar surface area (TPSA) is 90.7 Å². The van der Waals surface area contributed by atoms with Gasteiger partial charge in [0.25, 0.3) is 5.91 Å². The van der Waals surface area contributed by atoms with Crippen molar-refractivity contribution in [3.63, 3.8) is 0 Å².